The van der Waals surface area contributed by atoms with Gasteiger partial charge in [0.15, 0.2) is 0 Å². The summed E-state index contributed by atoms with van der Waals surface area (Å²) in [6, 6.07) is 14.0. The molecule has 0 aromatic heterocycles. The van der Waals surface area contributed by atoms with Gasteiger partial charge in [-0.05, 0) is 48.2 Å². The van der Waals surface area contributed by atoms with E-state index in [4.69, 9.17) is 23.2 Å². The second-order valence-electron chi connectivity index (χ2n) is 6.67. The number of rotatable bonds is 9. The average molecular weight is 421 g/mol. The molecular weight excluding hydrogens is 395 g/mol. The van der Waals surface area contributed by atoms with Gasteiger partial charge in [-0.1, -0.05) is 61.3 Å². The Kier molecular flexibility index (Phi) is 8.81. The lowest BCUT2D eigenvalue weighted by atomic mass is 10.1. The highest BCUT2D eigenvalue weighted by Crippen LogP contribution is 2.18. The third-order valence-electron chi connectivity index (χ3n) is 4.45. The highest BCUT2D eigenvalue weighted by atomic mass is 35.5. The maximum Gasteiger partial charge on any atom is 0.242 e. The van der Waals surface area contributed by atoms with Crippen molar-refractivity contribution in [2.24, 2.45) is 0 Å². The molecule has 28 heavy (non-hydrogen) atoms. The molecule has 0 bridgehead atoms. The monoisotopic (exact) mass is 420 g/mol. The molecule has 2 aromatic rings. The van der Waals surface area contributed by atoms with Crippen LogP contribution in [0.1, 0.15) is 37.8 Å². The standard InChI is InChI=1S/C22H26Cl2N2O2/c1-3-12-25-22(28)20(4-2)26(15-16-8-10-18(23)11-9-16)21(27)14-17-6-5-7-19(24)13-17/h5-11,13,20H,3-4,12,14-15H2,1-2H3,(H,25,28)/t20-/m1/s1. The minimum absolute atomic E-state index is 0.115. The third-order valence-corrected chi connectivity index (χ3v) is 4.93. The SMILES string of the molecule is CCCNC(=O)[C@@H](CC)N(Cc1ccc(Cl)cc1)C(=O)Cc1cccc(Cl)c1. The topological polar surface area (TPSA) is 49.4 Å². The first kappa shape index (κ1) is 22.3. The van der Waals surface area contributed by atoms with Crippen LogP contribution in [0.5, 0.6) is 0 Å². The van der Waals surface area contributed by atoms with E-state index in [2.05, 4.69) is 5.32 Å². The smallest absolute Gasteiger partial charge is 0.242 e. The molecule has 0 aliphatic heterocycles. The Hall–Kier alpha value is -2.04. The summed E-state index contributed by atoms with van der Waals surface area (Å²) in [5.74, 6) is -0.242. The fraction of sp³-hybridized carbons (Fsp3) is 0.364. The Morgan fingerprint density at radius 1 is 1.00 bits per heavy atom. The van der Waals surface area contributed by atoms with E-state index >= 15 is 0 Å². The molecule has 1 N–H and O–H groups in total. The molecule has 6 heteroatoms. The number of benzene rings is 2. The molecule has 0 heterocycles. The first-order valence-electron chi connectivity index (χ1n) is 9.50. The Morgan fingerprint density at radius 3 is 2.32 bits per heavy atom. The van der Waals surface area contributed by atoms with Crippen molar-refractivity contribution in [1.82, 2.24) is 10.2 Å². The molecule has 1 atom stereocenters. The number of carbonyl (C=O) groups is 2. The van der Waals surface area contributed by atoms with E-state index in [9.17, 15) is 9.59 Å². The molecule has 0 radical (unpaired) electrons. The Balaban J connectivity index is 2.26. The Labute approximate surface area is 176 Å². The van der Waals surface area contributed by atoms with Crippen LogP contribution < -0.4 is 5.32 Å². The number of carbonyl (C=O) groups excluding carboxylic acids is 2. The summed E-state index contributed by atoms with van der Waals surface area (Å²) in [4.78, 5) is 27.5. The van der Waals surface area contributed by atoms with Gasteiger partial charge in [-0.25, -0.2) is 0 Å². The summed E-state index contributed by atoms with van der Waals surface area (Å²) in [5.41, 5.74) is 1.74. The van der Waals surface area contributed by atoms with Gasteiger partial charge in [0.1, 0.15) is 6.04 Å². The molecule has 0 spiro atoms. The van der Waals surface area contributed by atoms with Crippen LogP contribution in [0.25, 0.3) is 0 Å². The van der Waals surface area contributed by atoms with Crippen molar-refractivity contribution in [1.29, 1.82) is 0 Å². The van der Waals surface area contributed by atoms with Gasteiger partial charge < -0.3 is 10.2 Å². The maximum atomic E-state index is 13.2. The van der Waals surface area contributed by atoms with Gasteiger partial charge in [0.2, 0.25) is 11.8 Å². The van der Waals surface area contributed by atoms with Crippen LogP contribution in [0.4, 0.5) is 0 Å². The summed E-state index contributed by atoms with van der Waals surface area (Å²) in [6.45, 7) is 4.84. The summed E-state index contributed by atoms with van der Waals surface area (Å²) in [5, 5.41) is 4.13. The Bertz CT molecular complexity index is 793. The van der Waals surface area contributed by atoms with E-state index in [1.54, 1.807) is 29.2 Å². The van der Waals surface area contributed by atoms with E-state index in [-0.39, 0.29) is 18.2 Å². The van der Waals surface area contributed by atoms with Crippen molar-refractivity contribution < 1.29 is 9.59 Å². The number of halogens is 2. The van der Waals surface area contributed by atoms with Gasteiger partial charge in [-0.3, -0.25) is 9.59 Å². The van der Waals surface area contributed by atoms with Crippen molar-refractivity contribution in [3.63, 3.8) is 0 Å². The lowest BCUT2D eigenvalue weighted by Crippen LogP contribution is -2.49. The number of nitrogens with one attached hydrogen (secondary N) is 1. The molecule has 4 nitrogen and oxygen atoms in total. The quantitative estimate of drug-likeness (QED) is 0.628. The van der Waals surface area contributed by atoms with Crippen LogP contribution >= 0.6 is 23.2 Å². The first-order valence-corrected chi connectivity index (χ1v) is 10.3. The fourth-order valence-corrected chi connectivity index (χ4v) is 3.33. The van der Waals surface area contributed by atoms with Crippen LogP contribution in [0, 0.1) is 0 Å². The van der Waals surface area contributed by atoms with Crippen molar-refractivity contribution in [3.8, 4) is 0 Å². The summed E-state index contributed by atoms with van der Waals surface area (Å²) in [7, 11) is 0. The minimum Gasteiger partial charge on any atom is -0.354 e. The predicted molar refractivity (Wildman–Crippen MR) is 115 cm³/mol. The lowest BCUT2D eigenvalue weighted by molar-refractivity contribution is -0.140. The molecule has 2 amide bonds. The molecular formula is C22H26Cl2N2O2. The normalized spacial score (nSPS) is 11.7. The second-order valence-corrected chi connectivity index (χ2v) is 7.54. The largest absolute Gasteiger partial charge is 0.354 e. The van der Waals surface area contributed by atoms with E-state index in [1.807, 2.05) is 38.1 Å². The minimum atomic E-state index is -0.533. The molecule has 0 saturated heterocycles. The van der Waals surface area contributed by atoms with Crippen molar-refractivity contribution in [2.75, 3.05) is 6.54 Å². The van der Waals surface area contributed by atoms with E-state index in [0.29, 0.717) is 29.6 Å². The van der Waals surface area contributed by atoms with Crippen LogP contribution in [-0.2, 0) is 22.6 Å². The van der Waals surface area contributed by atoms with Gasteiger partial charge in [0.05, 0.1) is 6.42 Å². The van der Waals surface area contributed by atoms with Crippen LogP contribution in [0.3, 0.4) is 0 Å². The van der Waals surface area contributed by atoms with E-state index < -0.39 is 6.04 Å². The van der Waals surface area contributed by atoms with Crippen LogP contribution in [0.15, 0.2) is 48.5 Å². The van der Waals surface area contributed by atoms with Crippen LogP contribution in [-0.4, -0.2) is 29.3 Å². The Morgan fingerprint density at radius 2 is 1.71 bits per heavy atom. The molecule has 2 aromatic carbocycles. The third kappa shape index (κ3) is 6.54. The zero-order valence-corrected chi connectivity index (χ0v) is 17.8. The summed E-state index contributed by atoms with van der Waals surface area (Å²) < 4.78 is 0. The summed E-state index contributed by atoms with van der Waals surface area (Å²) >= 11 is 12.0. The number of nitrogens with zero attached hydrogens (tertiary/aromatic N) is 1. The van der Waals surface area contributed by atoms with Gasteiger partial charge in [-0.15, -0.1) is 0 Å². The van der Waals surface area contributed by atoms with Gasteiger partial charge in [0, 0.05) is 23.1 Å². The number of amides is 2. The number of hydrogen-bond acceptors (Lipinski definition) is 2. The van der Waals surface area contributed by atoms with Gasteiger partial charge in [0.25, 0.3) is 0 Å². The van der Waals surface area contributed by atoms with Gasteiger partial charge in [-0.2, -0.15) is 0 Å². The zero-order valence-electron chi connectivity index (χ0n) is 16.3. The fourth-order valence-electron chi connectivity index (χ4n) is 3.00. The van der Waals surface area contributed by atoms with Crippen LogP contribution in [0.2, 0.25) is 10.0 Å². The lowest BCUT2D eigenvalue weighted by Gasteiger charge is -2.31. The summed E-state index contributed by atoms with van der Waals surface area (Å²) in [6.07, 6.45) is 1.56. The van der Waals surface area contributed by atoms with E-state index in [0.717, 1.165) is 17.5 Å². The highest BCUT2D eigenvalue weighted by molar-refractivity contribution is 6.30. The van der Waals surface area contributed by atoms with Gasteiger partial charge >= 0.3 is 0 Å². The first-order chi connectivity index (χ1) is 13.4. The maximum absolute atomic E-state index is 13.2. The predicted octanol–water partition coefficient (Wildman–Crippen LogP) is 4.87. The molecule has 150 valence electrons. The van der Waals surface area contributed by atoms with E-state index in [1.165, 1.54) is 0 Å². The number of hydrogen-bond donors (Lipinski definition) is 1. The van der Waals surface area contributed by atoms with Crippen molar-refractivity contribution in [2.45, 2.75) is 45.7 Å². The molecule has 0 aliphatic rings. The molecule has 0 saturated carbocycles. The zero-order chi connectivity index (χ0) is 20.5. The molecule has 0 unspecified atom stereocenters. The second kappa shape index (κ2) is 11.1. The highest BCUT2D eigenvalue weighted by Gasteiger charge is 2.28. The average Bonchev–Trinajstić information content (AvgIpc) is 2.67. The molecule has 2 rings (SSSR count). The molecule has 0 aliphatic carbocycles. The molecule has 0 fully saturated rings. The van der Waals surface area contributed by atoms with Crippen molar-refractivity contribution >= 4 is 35.0 Å². The van der Waals surface area contributed by atoms with Crippen molar-refractivity contribution in [3.05, 3.63) is 69.7 Å².